The van der Waals surface area contributed by atoms with E-state index in [9.17, 15) is 13.2 Å². The van der Waals surface area contributed by atoms with Gasteiger partial charge in [0.05, 0.1) is 10.8 Å². The molecule has 0 aromatic heterocycles. The molecule has 7 heteroatoms. The molecule has 1 rings (SSSR count). The summed E-state index contributed by atoms with van der Waals surface area (Å²) in [6.45, 7) is 1.42. The third kappa shape index (κ3) is 3.66. The molecule has 1 aromatic carbocycles. The zero-order chi connectivity index (χ0) is 13.9. The standard InChI is InChI=1S/C11H14INO4S/c1-8(11(14)15)7-13(2)18(16,17)10-5-3-4-9(12)6-10/h3-6,8H,7H2,1-2H3,(H,14,15). The van der Waals surface area contributed by atoms with Gasteiger partial charge in [-0.15, -0.1) is 0 Å². The van der Waals surface area contributed by atoms with Crippen LogP contribution in [0.4, 0.5) is 0 Å². The number of hydrogen-bond acceptors (Lipinski definition) is 3. The summed E-state index contributed by atoms with van der Waals surface area (Å²) in [5.41, 5.74) is 0. The molecule has 0 amide bonds. The van der Waals surface area contributed by atoms with Crippen LogP contribution in [0.1, 0.15) is 6.92 Å². The second-order valence-electron chi connectivity index (χ2n) is 3.98. The first-order valence-corrected chi connectivity index (χ1v) is 7.71. The van der Waals surface area contributed by atoms with Crippen molar-refractivity contribution in [2.24, 2.45) is 5.92 Å². The summed E-state index contributed by atoms with van der Waals surface area (Å²) in [5, 5.41) is 8.79. The fourth-order valence-electron chi connectivity index (χ4n) is 1.37. The smallest absolute Gasteiger partial charge is 0.307 e. The van der Waals surface area contributed by atoms with Crippen LogP contribution < -0.4 is 0 Å². The van der Waals surface area contributed by atoms with Gasteiger partial charge in [-0.2, -0.15) is 0 Å². The van der Waals surface area contributed by atoms with Crippen LogP contribution in [0, 0.1) is 9.49 Å². The number of sulfonamides is 1. The number of carboxylic acid groups (broad SMARTS) is 1. The average molecular weight is 383 g/mol. The highest BCUT2D eigenvalue weighted by molar-refractivity contribution is 14.1. The second-order valence-corrected chi connectivity index (χ2v) is 7.27. The highest BCUT2D eigenvalue weighted by Gasteiger charge is 2.24. The van der Waals surface area contributed by atoms with Crippen molar-refractivity contribution in [3.05, 3.63) is 27.8 Å². The lowest BCUT2D eigenvalue weighted by Crippen LogP contribution is -2.33. The summed E-state index contributed by atoms with van der Waals surface area (Å²) in [6, 6.07) is 6.50. The van der Waals surface area contributed by atoms with Crippen LogP contribution in [0.15, 0.2) is 29.2 Å². The summed E-state index contributed by atoms with van der Waals surface area (Å²) in [7, 11) is -2.24. The van der Waals surface area contributed by atoms with E-state index in [1.165, 1.54) is 20.0 Å². The largest absolute Gasteiger partial charge is 0.481 e. The molecule has 0 heterocycles. The van der Waals surface area contributed by atoms with Gasteiger partial charge >= 0.3 is 5.97 Å². The van der Waals surface area contributed by atoms with Crippen molar-refractivity contribution in [1.82, 2.24) is 4.31 Å². The number of halogens is 1. The molecule has 0 saturated carbocycles. The lowest BCUT2D eigenvalue weighted by atomic mass is 10.2. The molecule has 18 heavy (non-hydrogen) atoms. The SMILES string of the molecule is CC(CN(C)S(=O)(=O)c1cccc(I)c1)C(=O)O. The summed E-state index contributed by atoms with van der Waals surface area (Å²) >= 11 is 2.03. The van der Waals surface area contributed by atoms with Crippen molar-refractivity contribution in [2.45, 2.75) is 11.8 Å². The van der Waals surface area contributed by atoms with Crippen molar-refractivity contribution in [3.63, 3.8) is 0 Å². The van der Waals surface area contributed by atoms with E-state index in [1.807, 2.05) is 22.6 Å². The zero-order valence-corrected chi connectivity index (χ0v) is 13.0. The lowest BCUT2D eigenvalue weighted by molar-refractivity contribution is -0.141. The number of rotatable bonds is 5. The van der Waals surface area contributed by atoms with Gasteiger partial charge in [-0.05, 0) is 40.8 Å². The van der Waals surface area contributed by atoms with Crippen LogP contribution in [0.2, 0.25) is 0 Å². The minimum absolute atomic E-state index is 0.0524. The third-order valence-corrected chi connectivity index (χ3v) is 4.95. The fourth-order valence-corrected chi connectivity index (χ4v) is 3.43. The number of benzene rings is 1. The first-order valence-electron chi connectivity index (χ1n) is 5.20. The van der Waals surface area contributed by atoms with Crippen molar-refractivity contribution in [2.75, 3.05) is 13.6 Å². The van der Waals surface area contributed by atoms with Gasteiger partial charge in [0.1, 0.15) is 0 Å². The van der Waals surface area contributed by atoms with Crippen molar-refractivity contribution < 1.29 is 18.3 Å². The van der Waals surface area contributed by atoms with E-state index in [0.29, 0.717) is 0 Å². The Morgan fingerprint density at radius 2 is 2.11 bits per heavy atom. The van der Waals surface area contributed by atoms with Gasteiger partial charge in [-0.25, -0.2) is 12.7 Å². The zero-order valence-electron chi connectivity index (χ0n) is 10.00. The van der Waals surface area contributed by atoms with E-state index in [2.05, 4.69) is 0 Å². The van der Waals surface area contributed by atoms with E-state index < -0.39 is 21.9 Å². The fraction of sp³-hybridized carbons (Fsp3) is 0.364. The number of carbonyl (C=O) groups is 1. The normalized spacial score (nSPS) is 13.6. The Labute approximate surface area is 120 Å². The van der Waals surface area contributed by atoms with E-state index >= 15 is 0 Å². The molecular weight excluding hydrogens is 369 g/mol. The van der Waals surface area contributed by atoms with E-state index in [-0.39, 0.29) is 11.4 Å². The number of hydrogen-bond donors (Lipinski definition) is 1. The highest BCUT2D eigenvalue weighted by atomic mass is 127. The Morgan fingerprint density at radius 3 is 2.61 bits per heavy atom. The van der Waals surface area contributed by atoms with Crippen LogP contribution in [-0.4, -0.2) is 37.4 Å². The van der Waals surface area contributed by atoms with Crippen LogP contribution in [0.25, 0.3) is 0 Å². The molecule has 0 saturated heterocycles. The first-order chi connectivity index (χ1) is 8.25. The highest BCUT2D eigenvalue weighted by Crippen LogP contribution is 2.17. The van der Waals surface area contributed by atoms with E-state index in [4.69, 9.17) is 5.11 Å². The number of nitrogens with zero attached hydrogens (tertiary/aromatic N) is 1. The van der Waals surface area contributed by atoms with Crippen molar-refractivity contribution >= 4 is 38.6 Å². The lowest BCUT2D eigenvalue weighted by Gasteiger charge is -2.19. The predicted molar refractivity (Wildman–Crippen MR) is 75.8 cm³/mol. The molecule has 0 radical (unpaired) electrons. The van der Waals surface area contributed by atoms with Crippen LogP contribution in [0.3, 0.4) is 0 Å². The molecule has 0 aliphatic carbocycles. The minimum Gasteiger partial charge on any atom is -0.481 e. The van der Waals surface area contributed by atoms with Crippen molar-refractivity contribution in [3.8, 4) is 0 Å². The minimum atomic E-state index is -3.62. The first kappa shape index (κ1) is 15.4. The van der Waals surface area contributed by atoms with Crippen molar-refractivity contribution in [1.29, 1.82) is 0 Å². The quantitative estimate of drug-likeness (QED) is 0.785. The Morgan fingerprint density at radius 1 is 1.50 bits per heavy atom. The maximum atomic E-state index is 12.2. The molecule has 1 atom stereocenters. The van der Waals surface area contributed by atoms with Gasteiger partial charge < -0.3 is 5.11 Å². The maximum Gasteiger partial charge on any atom is 0.307 e. The molecule has 0 fully saturated rings. The van der Waals surface area contributed by atoms with E-state index in [1.54, 1.807) is 18.2 Å². The van der Waals surface area contributed by atoms with E-state index in [0.717, 1.165) is 7.88 Å². The number of carboxylic acids is 1. The molecule has 0 bridgehead atoms. The average Bonchev–Trinajstić information content (AvgIpc) is 2.28. The Balaban J connectivity index is 2.97. The molecule has 5 nitrogen and oxygen atoms in total. The van der Waals surface area contributed by atoms with Gasteiger partial charge in [0, 0.05) is 17.2 Å². The molecule has 0 spiro atoms. The topological polar surface area (TPSA) is 74.7 Å². The predicted octanol–water partition coefficient (Wildman–Crippen LogP) is 1.63. The van der Waals surface area contributed by atoms with Gasteiger partial charge in [0.15, 0.2) is 0 Å². The Bertz CT molecular complexity index is 544. The third-order valence-electron chi connectivity index (χ3n) is 2.46. The Hall–Kier alpha value is -0.670. The summed E-state index contributed by atoms with van der Waals surface area (Å²) in [5.74, 6) is -1.76. The summed E-state index contributed by atoms with van der Waals surface area (Å²) < 4.78 is 26.2. The van der Waals surface area contributed by atoms with Crippen LogP contribution >= 0.6 is 22.6 Å². The Kier molecular flexibility index (Phi) is 5.11. The molecule has 1 aromatic rings. The summed E-state index contributed by atoms with van der Waals surface area (Å²) in [6.07, 6.45) is 0. The van der Waals surface area contributed by atoms with Gasteiger partial charge in [-0.1, -0.05) is 13.0 Å². The molecule has 1 unspecified atom stereocenters. The van der Waals surface area contributed by atoms with Gasteiger partial charge in [0.25, 0.3) is 0 Å². The van der Waals surface area contributed by atoms with Crippen LogP contribution in [-0.2, 0) is 14.8 Å². The monoisotopic (exact) mass is 383 g/mol. The van der Waals surface area contributed by atoms with Gasteiger partial charge in [0.2, 0.25) is 10.0 Å². The molecule has 0 aliphatic rings. The molecular formula is C11H14INO4S. The summed E-state index contributed by atoms with van der Waals surface area (Å²) in [4.78, 5) is 10.9. The molecule has 0 aliphatic heterocycles. The maximum absolute atomic E-state index is 12.2. The number of aliphatic carboxylic acids is 1. The molecule has 100 valence electrons. The van der Waals surface area contributed by atoms with Gasteiger partial charge in [-0.3, -0.25) is 4.79 Å². The van der Waals surface area contributed by atoms with Crippen LogP contribution in [0.5, 0.6) is 0 Å². The second kappa shape index (κ2) is 5.98. The molecule has 1 N–H and O–H groups in total.